The molecule has 0 saturated heterocycles. The van der Waals surface area contributed by atoms with Crippen molar-refractivity contribution in [3.63, 3.8) is 0 Å². The Morgan fingerprint density at radius 1 is 1.28 bits per heavy atom. The summed E-state index contributed by atoms with van der Waals surface area (Å²) < 4.78 is 1.70. The maximum absolute atomic E-state index is 6.04. The van der Waals surface area contributed by atoms with E-state index in [2.05, 4.69) is 12.0 Å². The van der Waals surface area contributed by atoms with Crippen molar-refractivity contribution in [2.45, 2.75) is 19.8 Å². The van der Waals surface area contributed by atoms with Crippen LogP contribution in [0.3, 0.4) is 0 Å². The molecule has 0 spiro atoms. The summed E-state index contributed by atoms with van der Waals surface area (Å²) in [6, 6.07) is 5.51. The zero-order chi connectivity index (χ0) is 13.3. The van der Waals surface area contributed by atoms with Gasteiger partial charge in [0.1, 0.15) is 5.82 Å². The molecule has 2 N–H and O–H groups in total. The third-order valence-corrected chi connectivity index (χ3v) is 3.63. The minimum absolute atomic E-state index is 0.529. The number of rotatable bonds is 3. The molecule has 0 bridgehead atoms. The zero-order valence-corrected chi connectivity index (χ0v) is 11.9. The van der Waals surface area contributed by atoms with Gasteiger partial charge in [-0.05, 0) is 18.6 Å². The minimum atomic E-state index is 0.529. The van der Waals surface area contributed by atoms with Crippen molar-refractivity contribution < 1.29 is 0 Å². The Labute approximate surface area is 117 Å². The Hall–Kier alpha value is -1.19. The van der Waals surface area contributed by atoms with Gasteiger partial charge in [-0.15, -0.1) is 0 Å². The van der Waals surface area contributed by atoms with Crippen molar-refractivity contribution in [2.24, 2.45) is 7.05 Å². The molecule has 1 heterocycles. The predicted molar refractivity (Wildman–Crippen MR) is 77.1 cm³/mol. The SMILES string of the molecule is CCCc1c(-c2ccc(Cl)c(Cl)c2)nn(C)c1N. The number of hydrogen-bond acceptors (Lipinski definition) is 2. The number of halogens is 2. The van der Waals surface area contributed by atoms with Crippen LogP contribution in [0, 0.1) is 0 Å². The first kappa shape index (κ1) is 13.2. The topological polar surface area (TPSA) is 43.8 Å². The quantitative estimate of drug-likeness (QED) is 0.928. The Bertz CT molecular complexity index is 576. The first-order valence-electron chi connectivity index (χ1n) is 5.81. The monoisotopic (exact) mass is 283 g/mol. The predicted octanol–water partition coefficient (Wildman–Crippen LogP) is 3.93. The molecule has 1 aromatic carbocycles. The van der Waals surface area contributed by atoms with E-state index in [-0.39, 0.29) is 0 Å². The Morgan fingerprint density at radius 3 is 2.61 bits per heavy atom. The van der Waals surface area contributed by atoms with E-state index in [4.69, 9.17) is 28.9 Å². The molecular weight excluding hydrogens is 269 g/mol. The number of aryl methyl sites for hydroxylation is 1. The number of nitrogen functional groups attached to an aromatic ring is 1. The summed E-state index contributed by atoms with van der Waals surface area (Å²) in [7, 11) is 1.84. The number of hydrogen-bond donors (Lipinski definition) is 1. The molecule has 0 aliphatic heterocycles. The third kappa shape index (κ3) is 2.33. The highest BCUT2D eigenvalue weighted by molar-refractivity contribution is 6.42. The molecule has 1 aromatic heterocycles. The zero-order valence-electron chi connectivity index (χ0n) is 10.4. The first-order valence-corrected chi connectivity index (χ1v) is 6.57. The van der Waals surface area contributed by atoms with Crippen LogP contribution in [0.5, 0.6) is 0 Å². The summed E-state index contributed by atoms with van der Waals surface area (Å²) in [5.74, 6) is 0.706. The Kier molecular flexibility index (Phi) is 3.83. The molecule has 0 unspecified atom stereocenters. The molecule has 0 amide bonds. The minimum Gasteiger partial charge on any atom is -0.384 e. The lowest BCUT2D eigenvalue weighted by Gasteiger charge is -2.03. The maximum atomic E-state index is 6.04. The number of aromatic nitrogens is 2. The van der Waals surface area contributed by atoms with Gasteiger partial charge in [0.05, 0.1) is 15.7 Å². The Balaban J connectivity index is 2.55. The van der Waals surface area contributed by atoms with Gasteiger partial charge in [-0.2, -0.15) is 5.10 Å². The van der Waals surface area contributed by atoms with Gasteiger partial charge in [0.25, 0.3) is 0 Å². The maximum Gasteiger partial charge on any atom is 0.125 e. The summed E-state index contributed by atoms with van der Waals surface area (Å²) in [6.07, 6.45) is 1.92. The van der Waals surface area contributed by atoms with Crippen LogP contribution < -0.4 is 5.73 Å². The fraction of sp³-hybridized carbons (Fsp3) is 0.308. The van der Waals surface area contributed by atoms with E-state index in [1.807, 2.05) is 19.2 Å². The van der Waals surface area contributed by atoms with E-state index in [1.54, 1.807) is 10.7 Å². The molecule has 96 valence electrons. The van der Waals surface area contributed by atoms with Gasteiger partial charge in [0.2, 0.25) is 0 Å². The van der Waals surface area contributed by atoms with Crippen molar-refractivity contribution in [1.82, 2.24) is 9.78 Å². The summed E-state index contributed by atoms with van der Waals surface area (Å²) >= 11 is 12.0. The number of nitrogens with two attached hydrogens (primary N) is 1. The van der Waals surface area contributed by atoms with Crippen molar-refractivity contribution in [3.8, 4) is 11.3 Å². The van der Waals surface area contributed by atoms with Gasteiger partial charge >= 0.3 is 0 Å². The average Bonchev–Trinajstić information content (AvgIpc) is 2.61. The highest BCUT2D eigenvalue weighted by Crippen LogP contribution is 2.32. The number of benzene rings is 1. The normalized spacial score (nSPS) is 10.9. The largest absolute Gasteiger partial charge is 0.384 e. The van der Waals surface area contributed by atoms with Gasteiger partial charge in [-0.3, -0.25) is 4.68 Å². The summed E-state index contributed by atoms with van der Waals surface area (Å²) in [5.41, 5.74) is 8.93. The highest BCUT2D eigenvalue weighted by atomic mass is 35.5. The second kappa shape index (κ2) is 5.21. The van der Waals surface area contributed by atoms with E-state index in [0.29, 0.717) is 15.9 Å². The van der Waals surface area contributed by atoms with Gasteiger partial charge < -0.3 is 5.73 Å². The smallest absolute Gasteiger partial charge is 0.125 e. The van der Waals surface area contributed by atoms with Crippen LogP contribution in [0.1, 0.15) is 18.9 Å². The van der Waals surface area contributed by atoms with Gasteiger partial charge in [-0.25, -0.2) is 0 Å². The summed E-state index contributed by atoms with van der Waals surface area (Å²) in [5, 5.41) is 5.53. The molecule has 0 atom stereocenters. The van der Waals surface area contributed by atoms with Crippen LogP contribution in [0.15, 0.2) is 18.2 Å². The fourth-order valence-corrected chi connectivity index (χ4v) is 2.25. The van der Waals surface area contributed by atoms with Gasteiger partial charge in [0.15, 0.2) is 0 Å². The number of anilines is 1. The van der Waals surface area contributed by atoms with E-state index in [0.717, 1.165) is 29.7 Å². The van der Waals surface area contributed by atoms with E-state index < -0.39 is 0 Å². The van der Waals surface area contributed by atoms with E-state index >= 15 is 0 Å². The fourth-order valence-electron chi connectivity index (χ4n) is 1.95. The lowest BCUT2D eigenvalue weighted by Crippen LogP contribution is -1.99. The summed E-state index contributed by atoms with van der Waals surface area (Å²) in [6.45, 7) is 2.12. The standard InChI is InChI=1S/C13H15Cl2N3/c1-3-4-9-12(17-18(2)13(9)16)8-5-6-10(14)11(15)7-8/h5-7H,3-4,16H2,1-2H3. The third-order valence-electron chi connectivity index (χ3n) is 2.89. The van der Waals surface area contributed by atoms with Gasteiger partial charge in [-0.1, -0.05) is 42.6 Å². The van der Waals surface area contributed by atoms with Crippen LogP contribution in [-0.4, -0.2) is 9.78 Å². The molecule has 2 rings (SSSR count). The second-order valence-electron chi connectivity index (χ2n) is 4.21. The van der Waals surface area contributed by atoms with Gasteiger partial charge in [0, 0.05) is 18.2 Å². The molecule has 2 aromatic rings. The molecule has 18 heavy (non-hydrogen) atoms. The molecule has 5 heteroatoms. The molecule has 0 fully saturated rings. The Morgan fingerprint density at radius 2 is 2.00 bits per heavy atom. The van der Waals surface area contributed by atoms with Crippen molar-refractivity contribution in [2.75, 3.05) is 5.73 Å². The van der Waals surface area contributed by atoms with Crippen LogP contribution in [-0.2, 0) is 13.5 Å². The number of nitrogens with zero attached hydrogens (tertiary/aromatic N) is 2. The second-order valence-corrected chi connectivity index (χ2v) is 5.03. The van der Waals surface area contributed by atoms with Crippen molar-refractivity contribution in [1.29, 1.82) is 0 Å². The lowest BCUT2D eigenvalue weighted by atomic mass is 10.0. The first-order chi connectivity index (χ1) is 8.54. The lowest BCUT2D eigenvalue weighted by molar-refractivity contribution is 0.781. The molecule has 0 aliphatic carbocycles. The van der Waals surface area contributed by atoms with Crippen LogP contribution in [0.25, 0.3) is 11.3 Å². The molecule has 0 radical (unpaired) electrons. The van der Waals surface area contributed by atoms with Crippen LogP contribution in [0.2, 0.25) is 10.0 Å². The molecule has 0 saturated carbocycles. The molecule has 0 aliphatic rings. The highest BCUT2D eigenvalue weighted by Gasteiger charge is 2.15. The van der Waals surface area contributed by atoms with Crippen LogP contribution >= 0.6 is 23.2 Å². The van der Waals surface area contributed by atoms with Crippen molar-refractivity contribution >= 4 is 29.0 Å². The average molecular weight is 284 g/mol. The van der Waals surface area contributed by atoms with E-state index in [9.17, 15) is 0 Å². The van der Waals surface area contributed by atoms with E-state index in [1.165, 1.54) is 0 Å². The molecule has 3 nitrogen and oxygen atoms in total. The van der Waals surface area contributed by atoms with Crippen molar-refractivity contribution in [3.05, 3.63) is 33.8 Å². The summed E-state index contributed by atoms with van der Waals surface area (Å²) in [4.78, 5) is 0. The molecular formula is C13H15Cl2N3. The van der Waals surface area contributed by atoms with Crippen LogP contribution in [0.4, 0.5) is 5.82 Å².